The molecular formula is C17H16BrClN2O3. The molecule has 0 aliphatic carbocycles. The van der Waals surface area contributed by atoms with Gasteiger partial charge >= 0.3 is 0 Å². The van der Waals surface area contributed by atoms with E-state index in [1.165, 1.54) is 0 Å². The largest absolute Gasteiger partial charge is 0.492 e. The van der Waals surface area contributed by atoms with Crippen LogP contribution < -0.4 is 15.6 Å². The molecule has 0 aliphatic heterocycles. The number of hydrogen-bond donors (Lipinski definition) is 2. The number of halogens is 2. The lowest BCUT2D eigenvalue weighted by Crippen LogP contribution is -2.41. The van der Waals surface area contributed by atoms with Crippen molar-refractivity contribution in [3.63, 3.8) is 0 Å². The van der Waals surface area contributed by atoms with Crippen molar-refractivity contribution in [1.82, 2.24) is 10.9 Å². The maximum atomic E-state index is 11.8. The highest BCUT2D eigenvalue weighted by Gasteiger charge is 2.07. The average molecular weight is 412 g/mol. The van der Waals surface area contributed by atoms with Crippen LogP contribution in [0.4, 0.5) is 0 Å². The summed E-state index contributed by atoms with van der Waals surface area (Å²) in [4.78, 5) is 23.5. The molecule has 2 aromatic carbocycles. The summed E-state index contributed by atoms with van der Waals surface area (Å²) in [5, 5.41) is 0.542. The summed E-state index contributed by atoms with van der Waals surface area (Å²) in [5.74, 6) is 0.0477. The molecule has 0 heterocycles. The number of nitrogens with one attached hydrogen (secondary N) is 2. The van der Waals surface area contributed by atoms with Gasteiger partial charge in [0.2, 0.25) is 5.91 Å². The second-order valence-corrected chi connectivity index (χ2v) is 6.18. The Labute approximate surface area is 153 Å². The fourth-order valence-corrected chi connectivity index (χ4v) is 2.36. The smallest absolute Gasteiger partial charge is 0.269 e. The molecule has 2 amide bonds. The standard InChI is InChI=1S/C17H16BrClN2O3/c18-14-4-1-2-5-15(14)24-11-3-6-16(22)20-21-17(23)12-7-9-13(19)10-8-12/h1-2,4-5,7-10H,3,6,11H2,(H,20,22)(H,21,23). The molecule has 2 N–H and O–H groups in total. The Balaban J connectivity index is 1.65. The van der Waals surface area contributed by atoms with Gasteiger partial charge < -0.3 is 4.74 Å². The lowest BCUT2D eigenvalue weighted by molar-refractivity contribution is -0.122. The monoisotopic (exact) mass is 410 g/mol. The normalized spacial score (nSPS) is 10.1. The Hall–Kier alpha value is -2.05. The first-order valence-electron chi connectivity index (χ1n) is 7.28. The van der Waals surface area contributed by atoms with Gasteiger partial charge in [-0.25, -0.2) is 0 Å². The number of hydrogen-bond acceptors (Lipinski definition) is 3. The number of benzene rings is 2. The van der Waals surface area contributed by atoms with Gasteiger partial charge in [0, 0.05) is 17.0 Å². The van der Waals surface area contributed by atoms with E-state index >= 15 is 0 Å². The molecule has 0 aromatic heterocycles. The van der Waals surface area contributed by atoms with E-state index in [2.05, 4.69) is 26.8 Å². The molecule has 0 atom stereocenters. The summed E-state index contributed by atoms with van der Waals surface area (Å²) in [5.41, 5.74) is 5.14. The molecule has 0 spiro atoms. The van der Waals surface area contributed by atoms with Crippen molar-refractivity contribution >= 4 is 39.3 Å². The molecule has 7 heteroatoms. The highest BCUT2D eigenvalue weighted by molar-refractivity contribution is 9.10. The van der Waals surface area contributed by atoms with Crippen LogP contribution in [0, 0.1) is 0 Å². The number of amides is 2. The third-order valence-electron chi connectivity index (χ3n) is 3.06. The van der Waals surface area contributed by atoms with Crippen LogP contribution in [0.15, 0.2) is 53.0 Å². The van der Waals surface area contributed by atoms with Gasteiger partial charge in [-0.1, -0.05) is 23.7 Å². The van der Waals surface area contributed by atoms with Crippen molar-refractivity contribution in [3.05, 3.63) is 63.6 Å². The van der Waals surface area contributed by atoms with Crippen molar-refractivity contribution in [2.75, 3.05) is 6.61 Å². The fraction of sp³-hybridized carbons (Fsp3) is 0.176. The van der Waals surface area contributed by atoms with Crippen molar-refractivity contribution in [1.29, 1.82) is 0 Å². The van der Waals surface area contributed by atoms with Crippen LogP contribution in [0.1, 0.15) is 23.2 Å². The molecule has 0 fully saturated rings. The minimum absolute atomic E-state index is 0.241. The van der Waals surface area contributed by atoms with Gasteiger partial charge in [0.05, 0.1) is 11.1 Å². The zero-order valence-corrected chi connectivity index (χ0v) is 15.1. The van der Waals surface area contributed by atoms with E-state index in [-0.39, 0.29) is 12.3 Å². The molecule has 0 bridgehead atoms. The Morgan fingerprint density at radius 1 is 1.04 bits per heavy atom. The summed E-state index contributed by atoms with van der Waals surface area (Å²) >= 11 is 9.14. The van der Waals surface area contributed by atoms with Crippen LogP contribution in [-0.4, -0.2) is 18.4 Å². The predicted octanol–water partition coefficient (Wildman–Crippen LogP) is 3.72. The average Bonchev–Trinajstić information content (AvgIpc) is 2.58. The molecule has 0 radical (unpaired) electrons. The lowest BCUT2D eigenvalue weighted by atomic mass is 10.2. The number of rotatable bonds is 6. The Morgan fingerprint density at radius 3 is 2.46 bits per heavy atom. The lowest BCUT2D eigenvalue weighted by Gasteiger charge is -2.09. The number of ether oxygens (including phenoxy) is 1. The molecule has 0 saturated carbocycles. The van der Waals surface area contributed by atoms with E-state index < -0.39 is 5.91 Å². The third-order valence-corrected chi connectivity index (χ3v) is 3.97. The second-order valence-electron chi connectivity index (χ2n) is 4.89. The van der Waals surface area contributed by atoms with E-state index in [4.69, 9.17) is 16.3 Å². The summed E-state index contributed by atoms with van der Waals surface area (Å²) in [6, 6.07) is 13.9. The van der Waals surface area contributed by atoms with Crippen molar-refractivity contribution in [2.45, 2.75) is 12.8 Å². The molecule has 5 nitrogen and oxygen atoms in total. The molecule has 126 valence electrons. The van der Waals surface area contributed by atoms with E-state index in [9.17, 15) is 9.59 Å². The number of carbonyl (C=O) groups excluding carboxylic acids is 2. The Kier molecular flexibility index (Phi) is 7.08. The summed E-state index contributed by atoms with van der Waals surface area (Å²) in [6.07, 6.45) is 0.773. The van der Waals surface area contributed by atoms with Crippen LogP contribution in [0.5, 0.6) is 5.75 Å². The molecule has 2 aromatic rings. The predicted molar refractivity (Wildman–Crippen MR) is 95.9 cm³/mol. The van der Waals surface area contributed by atoms with E-state index in [1.54, 1.807) is 24.3 Å². The van der Waals surface area contributed by atoms with Gasteiger partial charge in [-0.2, -0.15) is 0 Å². The number of hydrazine groups is 1. The van der Waals surface area contributed by atoms with Crippen LogP contribution in [0.2, 0.25) is 5.02 Å². The van der Waals surface area contributed by atoms with Gasteiger partial charge in [-0.05, 0) is 58.7 Å². The van der Waals surface area contributed by atoms with Crippen LogP contribution in [0.25, 0.3) is 0 Å². The van der Waals surface area contributed by atoms with Crippen LogP contribution in [-0.2, 0) is 4.79 Å². The van der Waals surface area contributed by atoms with Crippen molar-refractivity contribution < 1.29 is 14.3 Å². The Morgan fingerprint density at radius 2 is 1.75 bits per heavy atom. The topological polar surface area (TPSA) is 67.4 Å². The first kappa shape index (κ1) is 18.3. The van der Waals surface area contributed by atoms with E-state index in [0.29, 0.717) is 23.6 Å². The summed E-state index contributed by atoms with van der Waals surface area (Å²) in [6.45, 7) is 0.404. The van der Waals surface area contributed by atoms with E-state index in [0.717, 1.165) is 10.2 Å². The minimum atomic E-state index is -0.399. The quantitative estimate of drug-likeness (QED) is 0.562. The van der Waals surface area contributed by atoms with Gasteiger partial charge in [0.25, 0.3) is 5.91 Å². The highest BCUT2D eigenvalue weighted by atomic mass is 79.9. The Bertz CT molecular complexity index is 707. The first-order chi connectivity index (χ1) is 11.6. The van der Waals surface area contributed by atoms with Crippen molar-refractivity contribution in [2.24, 2.45) is 0 Å². The third kappa shape index (κ3) is 5.86. The van der Waals surface area contributed by atoms with Gasteiger partial charge in [0.1, 0.15) is 5.75 Å². The van der Waals surface area contributed by atoms with Crippen molar-refractivity contribution in [3.8, 4) is 5.75 Å². The molecule has 24 heavy (non-hydrogen) atoms. The molecule has 2 rings (SSSR count). The second kappa shape index (κ2) is 9.30. The summed E-state index contributed by atoms with van der Waals surface area (Å²) < 4.78 is 6.43. The maximum absolute atomic E-state index is 11.8. The zero-order valence-electron chi connectivity index (χ0n) is 12.7. The van der Waals surface area contributed by atoms with E-state index in [1.807, 2.05) is 24.3 Å². The minimum Gasteiger partial charge on any atom is -0.492 e. The molecule has 0 unspecified atom stereocenters. The SMILES string of the molecule is O=C(CCCOc1ccccc1Br)NNC(=O)c1ccc(Cl)cc1. The zero-order chi connectivity index (χ0) is 17.4. The van der Waals surface area contributed by atoms with Crippen LogP contribution >= 0.6 is 27.5 Å². The van der Waals surface area contributed by atoms with Gasteiger partial charge in [-0.15, -0.1) is 0 Å². The number of para-hydroxylation sites is 1. The summed E-state index contributed by atoms with van der Waals surface area (Å²) in [7, 11) is 0. The first-order valence-corrected chi connectivity index (χ1v) is 8.45. The molecule has 0 saturated heterocycles. The molecule has 0 aliphatic rings. The van der Waals surface area contributed by atoms with Gasteiger partial charge in [-0.3, -0.25) is 20.4 Å². The fourth-order valence-electron chi connectivity index (χ4n) is 1.84. The maximum Gasteiger partial charge on any atom is 0.269 e. The van der Waals surface area contributed by atoms with Gasteiger partial charge in [0.15, 0.2) is 0 Å². The van der Waals surface area contributed by atoms with Crippen LogP contribution in [0.3, 0.4) is 0 Å². The number of carbonyl (C=O) groups is 2. The highest BCUT2D eigenvalue weighted by Crippen LogP contribution is 2.23. The molecular weight excluding hydrogens is 396 g/mol.